The Bertz CT molecular complexity index is 181. The van der Waals surface area contributed by atoms with Crippen molar-refractivity contribution in [1.82, 2.24) is 0 Å². The summed E-state index contributed by atoms with van der Waals surface area (Å²) in [7, 11) is 0. The fourth-order valence-electron chi connectivity index (χ4n) is 2.30. The van der Waals surface area contributed by atoms with E-state index in [9.17, 15) is 0 Å². The van der Waals surface area contributed by atoms with Crippen molar-refractivity contribution < 1.29 is 4.74 Å². The van der Waals surface area contributed by atoms with Crippen molar-refractivity contribution in [2.45, 2.75) is 39.2 Å². The largest absolute Gasteiger partial charge is 0.374 e. The predicted octanol–water partition coefficient (Wildman–Crippen LogP) is 2.34. The lowest BCUT2D eigenvalue weighted by Gasteiger charge is -2.31. The van der Waals surface area contributed by atoms with Crippen LogP contribution >= 0.6 is 0 Å². The van der Waals surface area contributed by atoms with Gasteiger partial charge in [0.25, 0.3) is 0 Å². The number of nitrogens with two attached hydrogens (primary N) is 1. The van der Waals surface area contributed by atoms with Gasteiger partial charge in [-0.3, -0.25) is 0 Å². The summed E-state index contributed by atoms with van der Waals surface area (Å²) >= 11 is 0. The first-order valence-electron chi connectivity index (χ1n) is 5.60. The smallest absolute Gasteiger partial charge is 0.0690 e. The second-order valence-electron chi connectivity index (χ2n) is 4.80. The molecule has 0 aromatic rings. The van der Waals surface area contributed by atoms with E-state index in [1.54, 1.807) is 0 Å². The summed E-state index contributed by atoms with van der Waals surface area (Å²) in [6, 6.07) is 0. The Morgan fingerprint density at radius 2 is 1.86 bits per heavy atom. The van der Waals surface area contributed by atoms with E-state index in [-0.39, 0.29) is 0 Å². The Morgan fingerprint density at radius 3 is 2.36 bits per heavy atom. The number of hydrogen-bond donors (Lipinski definition) is 1. The minimum absolute atomic E-state index is 0.428. The van der Waals surface area contributed by atoms with Crippen molar-refractivity contribution in [3.8, 4) is 0 Å². The second kappa shape index (κ2) is 5.52. The highest BCUT2D eigenvalue weighted by Gasteiger charge is 2.24. The fraction of sp³-hybridized carbons (Fsp3) is 0.833. The van der Waals surface area contributed by atoms with Crippen LogP contribution < -0.4 is 5.73 Å². The molecule has 0 amide bonds. The molecule has 0 aliphatic heterocycles. The molecule has 1 fully saturated rings. The molecular formula is C12H23NO. The van der Waals surface area contributed by atoms with Gasteiger partial charge in [0.2, 0.25) is 0 Å². The maximum Gasteiger partial charge on any atom is 0.0690 e. The third-order valence-electron chi connectivity index (χ3n) is 2.95. The van der Waals surface area contributed by atoms with E-state index in [4.69, 9.17) is 10.5 Å². The fourth-order valence-corrected chi connectivity index (χ4v) is 2.30. The molecule has 2 heteroatoms. The molecule has 1 rings (SSSR count). The van der Waals surface area contributed by atoms with Gasteiger partial charge >= 0.3 is 0 Å². The zero-order valence-corrected chi connectivity index (χ0v) is 9.46. The first-order chi connectivity index (χ1) is 6.61. The summed E-state index contributed by atoms with van der Waals surface area (Å²) in [6.07, 6.45) is 4.17. The van der Waals surface area contributed by atoms with Gasteiger partial charge in [-0.25, -0.2) is 0 Å². The highest BCUT2D eigenvalue weighted by Crippen LogP contribution is 2.30. The van der Waals surface area contributed by atoms with Crippen LogP contribution in [0.4, 0.5) is 0 Å². The molecule has 2 unspecified atom stereocenters. The van der Waals surface area contributed by atoms with E-state index in [1.165, 1.54) is 19.3 Å². The Hall–Kier alpha value is -0.340. The van der Waals surface area contributed by atoms with E-state index >= 15 is 0 Å². The molecule has 1 aliphatic rings. The van der Waals surface area contributed by atoms with Gasteiger partial charge in [-0.05, 0) is 36.7 Å². The summed E-state index contributed by atoms with van der Waals surface area (Å²) in [5.41, 5.74) is 6.46. The van der Waals surface area contributed by atoms with Gasteiger partial charge in [-0.15, -0.1) is 0 Å². The maximum atomic E-state index is 5.80. The van der Waals surface area contributed by atoms with Crippen molar-refractivity contribution in [3.05, 3.63) is 12.2 Å². The Balaban J connectivity index is 2.26. The normalized spacial score (nSPS) is 32.9. The monoisotopic (exact) mass is 197 g/mol. The average Bonchev–Trinajstić information content (AvgIpc) is 2.12. The minimum Gasteiger partial charge on any atom is -0.374 e. The topological polar surface area (TPSA) is 35.2 Å². The third kappa shape index (κ3) is 3.81. The molecule has 0 bridgehead atoms. The zero-order valence-electron chi connectivity index (χ0n) is 9.46. The van der Waals surface area contributed by atoms with E-state index < -0.39 is 0 Å². The number of ether oxygens (including phenoxy) is 1. The van der Waals surface area contributed by atoms with Gasteiger partial charge in [0.05, 0.1) is 12.7 Å². The molecule has 2 N–H and O–H groups in total. The molecule has 2 nitrogen and oxygen atoms in total. The molecule has 0 aromatic carbocycles. The van der Waals surface area contributed by atoms with Gasteiger partial charge in [-0.2, -0.15) is 0 Å². The minimum atomic E-state index is 0.428. The summed E-state index contributed by atoms with van der Waals surface area (Å²) < 4.78 is 5.80. The van der Waals surface area contributed by atoms with Crippen LogP contribution in [-0.4, -0.2) is 19.3 Å². The first kappa shape index (κ1) is 11.7. The quantitative estimate of drug-likeness (QED) is 0.702. The predicted molar refractivity (Wildman–Crippen MR) is 60.1 cm³/mol. The van der Waals surface area contributed by atoms with Crippen molar-refractivity contribution in [3.63, 3.8) is 0 Å². The van der Waals surface area contributed by atoms with Crippen LogP contribution in [0.1, 0.15) is 33.1 Å². The van der Waals surface area contributed by atoms with Gasteiger partial charge in [0.1, 0.15) is 0 Å². The van der Waals surface area contributed by atoms with Crippen LogP contribution in [0.5, 0.6) is 0 Å². The van der Waals surface area contributed by atoms with Crippen LogP contribution in [0.25, 0.3) is 0 Å². The summed E-state index contributed by atoms with van der Waals surface area (Å²) in [6.45, 7) is 9.64. The van der Waals surface area contributed by atoms with E-state index in [1.807, 2.05) is 0 Å². The molecule has 0 radical (unpaired) electrons. The maximum absolute atomic E-state index is 5.80. The molecule has 14 heavy (non-hydrogen) atoms. The molecule has 0 spiro atoms. The van der Waals surface area contributed by atoms with Crippen LogP contribution in [0.3, 0.4) is 0 Å². The highest BCUT2D eigenvalue weighted by atomic mass is 16.5. The number of rotatable bonds is 4. The van der Waals surface area contributed by atoms with Crippen molar-refractivity contribution in [2.24, 2.45) is 17.6 Å². The van der Waals surface area contributed by atoms with Crippen LogP contribution in [0, 0.1) is 11.8 Å². The first-order valence-corrected chi connectivity index (χ1v) is 5.60. The lowest BCUT2D eigenvalue weighted by molar-refractivity contribution is 0.0125. The standard InChI is InChI=1S/C12H23NO/c1-9-4-10(2)6-12(5-9)14-8-11(3)7-13/h9-10,12H,3-8,13H2,1-2H3. The van der Waals surface area contributed by atoms with Crippen LogP contribution in [-0.2, 0) is 4.74 Å². The molecule has 2 atom stereocenters. The summed E-state index contributed by atoms with van der Waals surface area (Å²) in [5.74, 6) is 1.60. The highest BCUT2D eigenvalue weighted by molar-refractivity contribution is 4.95. The SMILES string of the molecule is C=C(CN)COC1CC(C)CC(C)C1. The zero-order chi connectivity index (χ0) is 10.6. The molecule has 0 saturated heterocycles. The molecule has 1 saturated carbocycles. The Morgan fingerprint density at radius 1 is 1.29 bits per heavy atom. The van der Waals surface area contributed by atoms with Gasteiger partial charge in [0, 0.05) is 6.54 Å². The second-order valence-corrected chi connectivity index (χ2v) is 4.80. The van der Waals surface area contributed by atoms with E-state index in [0.717, 1.165) is 17.4 Å². The van der Waals surface area contributed by atoms with Crippen LogP contribution in [0.2, 0.25) is 0 Å². The lowest BCUT2D eigenvalue weighted by Crippen LogP contribution is -2.27. The molecule has 0 heterocycles. The lowest BCUT2D eigenvalue weighted by atomic mass is 9.82. The average molecular weight is 197 g/mol. The summed E-state index contributed by atoms with van der Waals surface area (Å²) in [4.78, 5) is 0. The van der Waals surface area contributed by atoms with Crippen molar-refractivity contribution in [2.75, 3.05) is 13.2 Å². The Labute approximate surface area is 87.5 Å². The Kier molecular flexibility index (Phi) is 4.63. The number of hydrogen-bond acceptors (Lipinski definition) is 2. The van der Waals surface area contributed by atoms with Gasteiger partial charge < -0.3 is 10.5 Å². The molecule has 0 aromatic heterocycles. The van der Waals surface area contributed by atoms with Crippen molar-refractivity contribution >= 4 is 0 Å². The third-order valence-corrected chi connectivity index (χ3v) is 2.95. The molecule has 1 aliphatic carbocycles. The molecule has 82 valence electrons. The summed E-state index contributed by atoms with van der Waals surface area (Å²) in [5, 5.41) is 0. The van der Waals surface area contributed by atoms with E-state index in [0.29, 0.717) is 19.3 Å². The van der Waals surface area contributed by atoms with E-state index in [2.05, 4.69) is 20.4 Å². The van der Waals surface area contributed by atoms with Crippen molar-refractivity contribution in [1.29, 1.82) is 0 Å². The van der Waals surface area contributed by atoms with Gasteiger partial charge in [0.15, 0.2) is 0 Å². The van der Waals surface area contributed by atoms with Crippen LogP contribution in [0.15, 0.2) is 12.2 Å². The van der Waals surface area contributed by atoms with Gasteiger partial charge in [-0.1, -0.05) is 20.4 Å². The molecular weight excluding hydrogens is 174 g/mol.